The van der Waals surface area contributed by atoms with Gasteiger partial charge in [-0.25, -0.2) is 0 Å². The molecule has 0 heterocycles. The topological polar surface area (TPSA) is 67.4 Å². The molecule has 1 atom stereocenters. The molecule has 5 heteroatoms. The lowest BCUT2D eigenvalue weighted by Gasteiger charge is -2.15. The molecule has 0 fully saturated rings. The van der Waals surface area contributed by atoms with Gasteiger partial charge in [-0.15, -0.1) is 0 Å². The molecule has 2 N–H and O–H groups in total. The number of nitrogens with one attached hydrogen (secondary N) is 2. The number of anilines is 1. The third kappa shape index (κ3) is 6.44. The molecule has 0 aliphatic carbocycles. The fourth-order valence-corrected chi connectivity index (χ4v) is 3.08. The molecular formula is C26H28N2O3. The van der Waals surface area contributed by atoms with E-state index in [0.717, 1.165) is 24.0 Å². The minimum absolute atomic E-state index is 0.146. The largest absolute Gasteiger partial charge is 0.481 e. The van der Waals surface area contributed by atoms with Crippen molar-refractivity contribution >= 4 is 17.5 Å². The van der Waals surface area contributed by atoms with E-state index in [1.165, 1.54) is 0 Å². The summed E-state index contributed by atoms with van der Waals surface area (Å²) in [6.45, 7) is 4.41. The highest BCUT2D eigenvalue weighted by atomic mass is 16.5. The van der Waals surface area contributed by atoms with E-state index in [1.807, 2.05) is 54.6 Å². The number of hydrogen-bond donors (Lipinski definition) is 2. The van der Waals surface area contributed by atoms with Gasteiger partial charge in [-0.2, -0.15) is 0 Å². The second kappa shape index (κ2) is 11.0. The van der Waals surface area contributed by atoms with Crippen LogP contribution in [-0.4, -0.2) is 24.5 Å². The summed E-state index contributed by atoms with van der Waals surface area (Å²) < 4.78 is 5.79. The molecule has 0 aromatic heterocycles. The maximum absolute atomic E-state index is 12.6. The van der Waals surface area contributed by atoms with Crippen molar-refractivity contribution in [3.8, 4) is 16.9 Å². The Hall–Kier alpha value is -3.60. The van der Waals surface area contributed by atoms with Gasteiger partial charge in [0.15, 0.2) is 6.10 Å². The van der Waals surface area contributed by atoms with E-state index >= 15 is 0 Å². The molecule has 0 spiro atoms. The number of hydrogen-bond acceptors (Lipinski definition) is 3. The zero-order valence-electron chi connectivity index (χ0n) is 17.9. The summed E-state index contributed by atoms with van der Waals surface area (Å²) in [4.78, 5) is 24.8. The zero-order chi connectivity index (χ0) is 22.1. The second-order valence-electron chi connectivity index (χ2n) is 7.33. The minimum Gasteiger partial charge on any atom is -0.481 e. The van der Waals surface area contributed by atoms with Gasteiger partial charge >= 0.3 is 0 Å². The number of unbranched alkanes of at least 4 members (excludes halogenated alkanes) is 1. The van der Waals surface area contributed by atoms with Gasteiger partial charge < -0.3 is 15.4 Å². The van der Waals surface area contributed by atoms with Gasteiger partial charge in [0.05, 0.1) is 0 Å². The van der Waals surface area contributed by atoms with Crippen LogP contribution >= 0.6 is 0 Å². The number of carbonyl (C=O) groups is 2. The van der Waals surface area contributed by atoms with Crippen LogP contribution in [0.15, 0.2) is 78.9 Å². The lowest BCUT2D eigenvalue weighted by molar-refractivity contribution is -0.122. The lowest BCUT2D eigenvalue weighted by Crippen LogP contribution is -2.30. The Morgan fingerprint density at radius 2 is 1.61 bits per heavy atom. The molecule has 1 unspecified atom stereocenters. The van der Waals surface area contributed by atoms with E-state index in [9.17, 15) is 9.59 Å². The van der Waals surface area contributed by atoms with Crippen LogP contribution in [0.3, 0.4) is 0 Å². The molecule has 31 heavy (non-hydrogen) atoms. The molecule has 3 aromatic rings. The summed E-state index contributed by atoms with van der Waals surface area (Å²) in [6.07, 6.45) is 1.26. The van der Waals surface area contributed by atoms with E-state index in [2.05, 4.69) is 17.6 Å². The SMILES string of the molecule is CCCCNC(=O)c1cccc(NC(=O)C(C)Oc2ccc(-c3ccccc3)cc2)c1. The Bertz CT molecular complexity index is 1000. The molecule has 5 nitrogen and oxygen atoms in total. The van der Waals surface area contributed by atoms with Gasteiger partial charge in [-0.3, -0.25) is 9.59 Å². The maximum Gasteiger partial charge on any atom is 0.265 e. The van der Waals surface area contributed by atoms with E-state index in [1.54, 1.807) is 31.2 Å². The van der Waals surface area contributed by atoms with E-state index in [0.29, 0.717) is 23.5 Å². The molecule has 0 saturated carbocycles. The van der Waals surface area contributed by atoms with Gasteiger partial charge in [0.2, 0.25) is 0 Å². The van der Waals surface area contributed by atoms with Gasteiger partial charge in [0.25, 0.3) is 11.8 Å². The lowest BCUT2D eigenvalue weighted by atomic mass is 10.1. The summed E-state index contributed by atoms with van der Waals surface area (Å²) in [6, 6.07) is 24.6. The van der Waals surface area contributed by atoms with Gasteiger partial charge in [-0.05, 0) is 54.8 Å². The minimum atomic E-state index is -0.690. The fraction of sp³-hybridized carbons (Fsp3) is 0.231. The van der Waals surface area contributed by atoms with Crippen LogP contribution in [0.25, 0.3) is 11.1 Å². The molecule has 0 aliphatic heterocycles. The molecule has 0 aliphatic rings. The summed E-state index contributed by atoms with van der Waals surface area (Å²) in [7, 11) is 0. The molecule has 2 amide bonds. The van der Waals surface area contributed by atoms with Crippen LogP contribution in [0.4, 0.5) is 5.69 Å². The monoisotopic (exact) mass is 416 g/mol. The number of rotatable bonds is 9. The first-order chi connectivity index (χ1) is 15.1. The number of carbonyl (C=O) groups excluding carboxylic acids is 2. The van der Waals surface area contributed by atoms with Crippen LogP contribution in [0, 0.1) is 0 Å². The predicted octanol–water partition coefficient (Wildman–Crippen LogP) is 5.29. The third-order valence-electron chi connectivity index (χ3n) is 4.85. The Morgan fingerprint density at radius 3 is 2.32 bits per heavy atom. The zero-order valence-corrected chi connectivity index (χ0v) is 17.9. The highest BCUT2D eigenvalue weighted by Crippen LogP contribution is 2.23. The van der Waals surface area contributed by atoms with Crippen molar-refractivity contribution in [1.82, 2.24) is 5.32 Å². The molecule has 0 radical (unpaired) electrons. The Kier molecular flexibility index (Phi) is 7.82. The van der Waals surface area contributed by atoms with Crippen molar-refractivity contribution in [2.75, 3.05) is 11.9 Å². The van der Waals surface area contributed by atoms with Gasteiger partial charge in [0, 0.05) is 17.8 Å². The van der Waals surface area contributed by atoms with Gasteiger partial charge in [0.1, 0.15) is 5.75 Å². The van der Waals surface area contributed by atoms with Gasteiger partial charge in [-0.1, -0.05) is 61.9 Å². The highest BCUT2D eigenvalue weighted by Gasteiger charge is 2.16. The van der Waals surface area contributed by atoms with Crippen LogP contribution < -0.4 is 15.4 Å². The van der Waals surface area contributed by atoms with E-state index < -0.39 is 6.10 Å². The molecule has 160 valence electrons. The second-order valence-corrected chi connectivity index (χ2v) is 7.33. The average Bonchev–Trinajstić information content (AvgIpc) is 2.80. The van der Waals surface area contributed by atoms with Crippen molar-refractivity contribution in [1.29, 1.82) is 0 Å². The van der Waals surface area contributed by atoms with Crippen molar-refractivity contribution in [2.45, 2.75) is 32.8 Å². The quantitative estimate of drug-likeness (QED) is 0.466. The number of benzene rings is 3. The van der Waals surface area contributed by atoms with Crippen molar-refractivity contribution < 1.29 is 14.3 Å². The molecule has 0 bridgehead atoms. The smallest absolute Gasteiger partial charge is 0.265 e. The number of amides is 2. The maximum atomic E-state index is 12.6. The summed E-state index contributed by atoms with van der Waals surface area (Å²) >= 11 is 0. The fourth-order valence-electron chi connectivity index (χ4n) is 3.08. The Labute approximate surface area is 183 Å². The van der Waals surface area contributed by atoms with Crippen molar-refractivity contribution in [3.05, 3.63) is 84.4 Å². The Morgan fingerprint density at radius 1 is 0.903 bits per heavy atom. The predicted molar refractivity (Wildman–Crippen MR) is 124 cm³/mol. The summed E-state index contributed by atoms with van der Waals surface area (Å²) in [5, 5.41) is 5.69. The first-order valence-electron chi connectivity index (χ1n) is 10.6. The highest BCUT2D eigenvalue weighted by molar-refractivity contribution is 5.98. The van der Waals surface area contributed by atoms with Crippen LogP contribution in [0.1, 0.15) is 37.0 Å². The third-order valence-corrected chi connectivity index (χ3v) is 4.85. The van der Waals surface area contributed by atoms with E-state index in [4.69, 9.17) is 4.74 Å². The summed E-state index contributed by atoms with van der Waals surface area (Å²) in [5.74, 6) is 0.189. The molecule has 0 saturated heterocycles. The van der Waals surface area contributed by atoms with E-state index in [-0.39, 0.29) is 11.8 Å². The normalized spacial score (nSPS) is 11.4. The first kappa shape index (κ1) is 22.1. The van der Waals surface area contributed by atoms with Crippen molar-refractivity contribution in [2.24, 2.45) is 0 Å². The van der Waals surface area contributed by atoms with Crippen LogP contribution in [0.2, 0.25) is 0 Å². The molecule has 3 rings (SSSR count). The van der Waals surface area contributed by atoms with Crippen LogP contribution in [0.5, 0.6) is 5.75 Å². The number of ether oxygens (including phenoxy) is 1. The van der Waals surface area contributed by atoms with Crippen LogP contribution in [-0.2, 0) is 4.79 Å². The summed E-state index contributed by atoms with van der Waals surface area (Å²) in [5.41, 5.74) is 3.28. The average molecular weight is 417 g/mol. The Balaban J connectivity index is 1.57. The standard InChI is InChI=1S/C26H28N2O3/c1-3-4-17-27-26(30)22-11-8-12-23(18-22)28-25(29)19(2)31-24-15-13-21(14-16-24)20-9-6-5-7-10-20/h5-16,18-19H,3-4,17H2,1-2H3,(H,27,30)(H,28,29). The molecular weight excluding hydrogens is 388 g/mol. The van der Waals surface area contributed by atoms with Crippen molar-refractivity contribution in [3.63, 3.8) is 0 Å². The first-order valence-corrected chi connectivity index (χ1v) is 10.6. The molecule has 3 aromatic carbocycles.